The van der Waals surface area contributed by atoms with E-state index in [4.69, 9.17) is 5.73 Å². The second-order valence-corrected chi connectivity index (χ2v) is 5.46. The first-order valence-electron chi connectivity index (χ1n) is 5.49. The van der Waals surface area contributed by atoms with Crippen molar-refractivity contribution in [2.45, 2.75) is 31.5 Å². The van der Waals surface area contributed by atoms with Crippen molar-refractivity contribution in [2.24, 2.45) is 11.7 Å². The average Bonchev–Trinajstić information content (AvgIpc) is 2.91. The van der Waals surface area contributed by atoms with Crippen molar-refractivity contribution in [2.75, 3.05) is 0 Å². The molecule has 1 aliphatic carbocycles. The first-order chi connectivity index (χ1) is 8.45. The lowest BCUT2D eigenvalue weighted by molar-refractivity contribution is -0.146. The van der Waals surface area contributed by atoms with Crippen LogP contribution < -0.4 is 5.73 Å². The average molecular weight is 277 g/mol. The van der Waals surface area contributed by atoms with E-state index in [0.717, 1.165) is 28.7 Å². The molecule has 1 unspecified atom stereocenters. The summed E-state index contributed by atoms with van der Waals surface area (Å²) in [5.74, 6) is -0.596. The van der Waals surface area contributed by atoms with E-state index in [1.54, 1.807) is 0 Å². The molecule has 98 valence electrons. The summed E-state index contributed by atoms with van der Waals surface area (Å²) in [6.07, 6.45) is -1.85. The van der Waals surface area contributed by atoms with Crippen LogP contribution in [0.25, 0.3) is 4.96 Å². The Kier molecular flexibility index (Phi) is 2.56. The number of hydrogen-bond donors (Lipinski definition) is 1. The highest BCUT2D eigenvalue weighted by molar-refractivity contribution is 7.16. The highest BCUT2D eigenvalue weighted by Crippen LogP contribution is 2.34. The van der Waals surface area contributed by atoms with Crippen LogP contribution in [0.4, 0.5) is 13.2 Å². The Balaban J connectivity index is 1.89. The molecule has 9 heteroatoms. The van der Waals surface area contributed by atoms with Gasteiger partial charge in [0, 0.05) is 12.5 Å². The minimum Gasteiger partial charge on any atom is -0.327 e. The van der Waals surface area contributed by atoms with Gasteiger partial charge in [0.25, 0.3) is 5.82 Å². The number of nitrogens with two attached hydrogens (primary N) is 1. The molecule has 0 aromatic carbocycles. The first-order valence-corrected chi connectivity index (χ1v) is 6.30. The summed E-state index contributed by atoms with van der Waals surface area (Å²) < 4.78 is 38.5. The zero-order valence-electron chi connectivity index (χ0n) is 9.18. The summed E-state index contributed by atoms with van der Waals surface area (Å²) >= 11 is 1.11. The molecule has 0 amide bonds. The summed E-state index contributed by atoms with van der Waals surface area (Å²) in [4.78, 5) is 0.153. The van der Waals surface area contributed by atoms with Gasteiger partial charge in [-0.1, -0.05) is 11.3 Å². The lowest BCUT2D eigenvalue weighted by atomic mass is 10.1. The Morgan fingerprint density at radius 2 is 2.11 bits per heavy atom. The molecule has 2 aromatic heterocycles. The number of nitrogens with zero attached hydrogens (tertiary/aromatic N) is 4. The second kappa shape index (κ2) is 3.89. The van der Waals surface area contributed by atoms with Crippen molar-refractivity contribution in [1.29, 1.82) is 0 Å². The number of hydrogen-bond acceptors (Lipinski definition) is 5. The van der Waals surface area contributed by atoms with Crippen LogP contribution >= 0.6 is 11.3 Å². The minimum atomic E-state index is -4.54. The van der Waals surface area contributed by atoms with Crippen molar-refractivity contribution >= 4 is 16.3 Å². The fourth-order valence-electron chi connectivity index (χ4n) is 1.81. The van der Waals surface area contributed by atoms with Crippen LogP contribution in [0.1, 0.15) is 23.7 Å². The normalized spacial score (nSPS) is 18.4. The second-order valence-electron chi connectivity index (χ2n) is 4.42. The number of aromatic nitrogens is 4. The molecular formula is C9H10F3N5S. The Bertz CT molecular complexity index is 570. The molecule has 2 aromatic rings. The number of fused-ring (bicyclic) bond motifs is 1. The summed E-state index contributed by atoms with van der Waals surface area (Å²) in [5.41, 5.74) is 5.92. The Hall–Kier alpha value is -1.22. The van der Waals surface area contributed by atoms with Gasteiger partial charge in [-0.05, 0) is 18.8 Å². The van der Waals surface area contributed by atoms with Gasteiger partial charge >= 0.3 is 6.18 Å². The van der Waals surface area contributed by atoms with Crippen LogP contribution in [-0.4, -0.2) is 25.9 Å². The maximum absolute atomic E-state index is 12.6. The van der Waals surface area contributed by atoms with Crippen molar-refractivity contribution in [3.05, 3.63) is 10.8 Å². The fraction of sp³-hybridized carbons (Fsp3) is 0.667. The van der Waals surface area contributed by atoms with Gasteiger partial charge < -0.3 is 5.73 Å². The number of alkyl halides is 3. The van der Waals surface area contributed by atoms with Crippen LogP contribution in [0, 0.1) is 5.92 Å². The molecule has 1 saturated carbocycles. The van der Waals surface area contributed by atoms with Crippen molar-refractivity contribution < 1.29 is 13.2 Å². The monoisotopic (exact) mass is 277 g/mol. The SMILES string of the molecule is NC(Cc1nn2c(C(F)(F)F)nnc2s1)C1CC1. The summed E-state index contributed by atoms with van der Waals surface area (Å²) in [5, 5.41) is 11.1. The van der Waals surface area contributed by atoms with Gasteiger partial charge in [0.05, 0.1) is 0 Å². The maximum Gasteiger partial charge on any atom is 0.453 e. The Labute approximate surface area is 104 Å². The van der Waals surface area contributed by atoms with E-state index in [2.05, 4.69) is 15.3 Å². The molecule has 1 aliphatic rings. The van der Waals surface area contributed by atoms with Crippen LogP contribution in [0.2, 0.25) is 0 Å². The molecule has 0 bridgehead atoms. The van der Waals surface area contributed by atoms with Crippen LogP contribution in [0.15, 0.2) is 0 Å². The van der Waals surface area contributed by atoms with Crippen molar-refractivity contribution in [1.82, 2.24) is 19.8 Å². The third kappa shape index (κ3) is 2.07. The van der Waals surface area contributed by atoms with Crippen molar-refractivity contribution in [3.8, 4) is 0 Å². The zero-order chi connectivity index (χ0) is 12.9. The van der Waals surface area contributed by atoms with E-state index >= 15 is 0 Å². The molecule has 2 N–H and O–H groups in total. The van der Waals surface area contributed by atoms with Gasteiger partial charge in [0.1, 0.15) is 5.01 Å². The molecule has 0 saturated heterocycles. The van der Waals surface area contributed by atoms with E-state index in [1.165, 1.54) is 0 Å². The summed E-state index contributed by atoms with van der Waals surface area (Å²) in [6.45, 7) is 0. The zero-order valence-corrected chi connectivity index (χ0v) is 10.0. The molecule has 1 atom stereocenters. The van der Waals surface area contributed by atoms with E-state index in [9.17, 15) is 13.2 Å². The minimum absolute atomic E-state index is 0.0249. The standard InChI is InChI=1S/C9H10F3N5S/c10-9(11,12)7-14-15-8-17(7)16-6(18-8)3-5(13)4-1-2-4/h4-5H,1-3,13H2. The summed E-state index contributed by atoms with van der Waals surface area (Å²) in [7, 11) is 0. The smallest absolute Gasteiger partial charge is 0.327 e. The van der Waals surface area contributed by atoms with Gasteiger partial charge in [0.15, 0.2) is 0 Å². The van der Waals surface area contributed by atoms with E-state index in [-0.39, 0.29) is 11.0 Å². The van der Waals surface area contributed by atoms with Crippen LogP contribution in [0.5, 0.6) is 0 Å². The molecule has 1 fully saturated rings. The molecular weight excluding hydrogens is 267 g/mol. The fourth-order valence-corrected chi connectivity index (χ4v) is 2.71. The van der Waals surface area contributed by atoms with Crippen molar-refractivity contribution in [3.63, 3.8) is 0 Å². The predicted octanol–water partition coefficient (Wildman–Crippen LogP) is 1.48. The van der Waals surface area contributed by atoms with Crippen LogP contribution in [0.3, 0.4) is 0 Å². The maximum atomic E-state index is 12.6. The molecule has 2 heterocycles. The van der Waals surface area contributed by atoms with Gasteiger partial charge in [-0.3, -0.25) is 0 Å². The largest absolute Gasteiger partial charge is 0.453 e. The molecule has 5 nitrogen and oxygen atoms in total. The van der Waals surface area contributed by atoms with Gasteiger partial charge in [-0.25, -0.2) is 0 Å². The quantitative estimate of drug-likeness (QED) is 0.922. The third-order valence-corrected chi connectivity index (χ3v) is 3.85. The molecule has 0 spiro atoms. The third-order valence-electron chi connectivity index (χ3n) is 2.92. The Morgan fingerprint density at radius 3 is 2.72 bits per heavy atom. The Morgan fingerprint density at radius 1 is 1.39 bits per heavy atom. The predicted molar refractivity (Wildman–Crippen MR) is 58.1 cm³/mol. The lowest BCUT2D eigenvalue weighted by Crippen LogP contribution is -2.25. The highest BCUT2D eigenvalue weighted by Gasteiger charge is 2.38. The van der Waals surface area contributed by atoms with Gasteiger partial charge in [-0.2, -0.15) is 22.8 Å². The number of halogens is 3. The molecule has 0 aliphatic heterocycles. The molecule has 3 rings (SSSR count). The van der Waals surface area contributed by atoms with E-state index < -0.39 is 12.0 Å². The topological polar surface area (TPSA) is 69.1 Å². The molecule has 18 heavy (non-hydrogen) atoms. The lowest BCUT2D eigenvalue weighted by Gasteiger charge is -2.06. The van der Waals surface area contributed by atoms with Gasteiger partial charge in [-0.15, -0.1) is 10.2 Å². The highest BCUT2D eigenvalue weighted by atomic mass is 32.1. The number of rotatable bonds is 3. The first kappa shape index (κ1) is 11.8. The van der Waals surface area contributed by atoms with Crippen LogP contribution in [-0.2, 0) is 12.6 Å². The summed E-state index contributed by atoms with van der Waals surface area (Å²) in [6, 6.07) is -0.0249. The molecule has 0 radical (unpaired) electrons. The van der Waals surface area contributed by atoms with Gasteiger partial charge in [0.2, 0.25) is 4.96 Å². The van der Waals surface area contributed by atoms with E-state index in [0.29, 0.717) is 17.3 Å². The van der Waals surface area contributed by atoms with E-state index in [1.807, 2.05) is 0 Å².